The molecule has 2 amide bonds. The maximum Gasteiger partial charge on any atom is 0.265 e. The largest absolute Gasteiger partial charge is 0.481 e. The van der Waals surface area contributed by atoms with E-state index >= 15 is 0 Å². The number of ether oxygens (including phenoxy) is 1. The minimum Gasteiger partial charge on any atom is -0.481 e. The Balaban J connectivity index is 2.06. The fourth-order valence-corrected chi connectivity index (χ4v) is 2.48. The summed E-state index contributed by atoms with van der Waals surface area (Å²) in [5.74, 6) is 0.336. The first-order valence-electron chi connectivity index (χ1n) is 8.88. The minimum atomic E-state index is -0.739. The van der Waals surface area contributed by atoms with Crippen LogP contribution in [0.4, 0.5) is 5.69 Å². The Morgan fingerprint density at radius 3 is 2.48 bits per heavy atom. The highest BCUT2D eigenvalue weighted by Gasteiger charge is 2.18. The molecule has 0 saturated heterocycles. The first kappa shape index (κ1) is 20.8. The van der Waals surface area contributed by atoms with Gasteiger partial charge < -0.3 is 15.4 Å². The SMILES string of the molecule is Cc1cc(O[C@H](C)C(=O)Nc2ccccc2C(=O)NCC(C)C)ccc1Cl. The molecule has 0 fully saturated rings. The number of aryl methyl sites for hydroxylation is 1. The zero-order valence-electron chi connectivity index (χ0n) is 16.0. The van der Waals surface area contributed by atoms with Gasteiger partial charge in [0.15, 0.2) is 6.10 Å². The molecule has 0 aliphatic rings. The Hall–Kier alpha value is -2.53. The Labute approximate surface area is 165 Å². The van der Waals surface area contributed by atoms with Gasteiger partial charge in [0.05, 0.1) is 11.3 Å². The van der Waals surface area contributed by atoms with Gasteiger partial charge >= 0.3 is 0 Å². The van der Waals surface area contributed by atoms with Gasteiger partial charge in [-0.2, -0.15) is 0 Å². The Bertz CT molecular complexity index is 821. The standard InChI is InChI=1S/C21H25ClN2O3/c1-13(2)12-23-21(26)17-7-5-6-8-19(17)24-20(25)15(4)27-16-9-10-18(22)14(3)11-16/h5-11,13,15H,12H2,1-4H3,(H,23,26)(H,24,25)/t15-/m1/s1. The van der Waals surface area contributed by atoms with Crippen LogP contribution in [0.2, 0.25) is 5.02 Å². The second kappa shape index (κ2) is 9.42. The third-order valence-electron chi connectivity index (χ3n) is 3.91. The van der Waals surface area contributed by atoms with E-state index in [9.17, 15) is 9.59 Å². The highest BCUT2D eigenvalue weighted by molar-refractivity contribution is 6.31. The molecule has 0 unspecified atom stereocenters. The lowest BCUT2D eigenvalue weighted by molar-refractivity contribution is -0.122. The van der Waals surface area contributed by atoms with Crippen molar-refractivity contribution in [3.8, 4) is 5.75 Å². The normalized spacial score (nSPS) is 11.8. The highest BCUT2D eigenvalue weighted by atomic mass is 35.5. The molecule has 0 aliphatic carbocycles. The minimum absolute atomic E-state index is 0.221. The number of para-hydroxylation sites is 1. The van der Waals surface area contributed by atoms with Crippen LogP contribution in [-0.4, -0.2) is 24.5 Å². The maximum absolute atomic E-state index is 12.5. The second-order valence-electron chi connectivity index (χ2n) is 6.81. The maximum atomic E-state index is 12.5. The van der Waals surface area contributed by atoms with E-state index < -0.39 is 6.10 Å². The van der Waals surface area contributed by atoms with E-state index in [2.05, 4.69) is 10.6 Å². The molecule has 27 heavy (non-hydrogen) atoms. The molecule has 0 aromatic heterocycles. The lowest BCUT2D eigenvalue weighted by Crippen LogP contribution is -2.32. The van der Waals surface area contributed by atoms with Crippen molar-refractivity contribution in [3.63, 3.8) is 0 Å². The average Bonchev–Trinajstić information content (AvgIpc) is 2.63. The molecule has 144 valence electrons. The third-order valence-corrected chi connectivity index (χ3v) is 4.34. The van der Waals surface area contributed by atoms with Gasteiger partial charge in [0, 0.05) is 11.6 Å². The Kier molecular flexibility index (Phi) is 7.25. The summed E-state index contributed by atoms with van der Waals surface area (Å²) in [7, 11) is 0. The first-order valence-corrected chi connectivity index (χ1v) is 9.26. The number of rotatable bonds is 7. The van der Waals surface area contributed by atoms with E-state index in [4.69, 9.17) is 16.3 Å². The van der Waals surface area contributed by atoms with Gasteiger partial charge in [-0.25, -0.2) is 0 Å². The van der Waals surface area contributed by atoms with Gasteiger partial charge in [-0.1, -0.05) is 37.6 Å². The number of nitrogens with one attached hydrogen (secondary N) is 2. The smallest absolute Gasteiger partial charge is 0.265 e. The van der Waals surface area contributed by atoms with Crippen LogP contribution in [0, 0.1) is 12.8 Å². The predicted molar refractivity (Wildman–Crippen MR) is 109 cm³/mol. The monoisotopic (exact) mass is 388 g/mol. The number of hydrogen-bond acceptors (Lipinski definition) is 3. The van der Waals surface area contributed by atoms with Crippen LogP contribution in [-0.2, 0) is 4.79 Å². The molecule has 2 aromatic carbocycles. The summed E-state index contributed by atoms with van der Waals surface area (Å²) < 4.78 is 5.69. The molecule has 2 N–H and O–H groups in total. The lowest BCUT2D eigenvalue weighted by atomic mass is 10.1. The van der Waals surface area contributed by atoms with Crippen LogP contribution in [0.5, 0.6) is 5.75 Å². The summed E-state index contributed by atoms with van der Waals surface area (Å²) >= 11 is 6.01. The van der Waals surface area contributed by atoms with Crippen molar-refractivity contribution in [2.45, 2.75) is 33.8 Å². The average molecular weight is 389 g/mol. The van der Waals surface area contributed by atoms with Gasteiger partial charge in [0.2, 0.25) is 0 Å². The van der Waals surface area contributed by atoms with Crippen molar-refractivity contribution in [3.05, 3.63) is 58.6 Å². The summed E-state index contributed by atoms with van der Waals surface area (Å²) in [5.41, 5.74) is 1.74. The summed E-state index contributed by atoms with van der Waals surface area (Å²) in [6.07, 6.45) is -0.739. The van der Waals surface area contributed by atoms with Gasteiger partial charge in [-0.3, -0.25) is 9.59 Å². The molecule has 0 radical (unpaired) electrons. The quantitative estimate of drug-likeness (QED) is 0.736. The molecule has 5 nitrogen and oxygen atoms in total. The highest BCUT2D eigenvalue weighted by Crippen LogP contribution is 2.22. The van der Waals surface area contributed by atoms with Crippen LogP contribution in [0.1, 0.15) is 36.7 Å². The van der Waals surface area contributed by atoms with Gasteiger partial charge in [-0.15, -0.1) is 0 Å². The van der Waals surface area contributed by atoms with E-state index in [1.807, 2.05) is 20.8 Å². The first-order chi connectivity index (χ1) is 12.8. The molecule has 2 aromatic rings. The topological polar surface area (TPSA) is 67.4 Å². The van der Waals surface area contributed by atoms with E-state index in [1.54, 1.807) is 49.4 Å². The Morgan fingerprint density at radius 2 is 1.81 bits per heavy atom. The van der Waals surface area contributed by atoms with Crippen LogP contribution in [0.3, 0.4) is 0 Å². The molecule has 0 aliphatic heterocycles. The van der Waals surface area contributed by atoms with E-state index in [1.165, 1.54) is 0 Å². The molecular weight excluding hydrogens is 364 g/mol. The Morgan fingerprint density at radius 1 is 1.11 bits per heavy atom. The molecule has 0 heterocycles. The van der Waals surface area contributed by atoms with Gasteiger partial charge in [-0.05, 0) is 55.7 Å². The fourth-order valence-electron chi connectivity index (χ4n) is 2.36. The zero-order valence-corrected chi connectivity index (χ0v) is 16.8. The van der Waals surface area contributed by atoms with Crippen molar-refractivity contribution in [2.24, 2.45) is 5.92 Å². The van der Waals surface area contributed by atoms with Crippen molar-refractivity contribution >= 4 is 29.1 Å². The number of halogens is 1. The van der Waals surface area contributed by atoms with Crippen LogP contribution in [0.25, 0.3) is 0 Å². The van der Waals surface area contributed by atoms with E-state index in [0.29, 0.717) is 34.5 Å². The van der Waals surface area contributed by atoms with Crippen molar-refractivity contribution in [1.82, 2.24) is 5.32 Å². The summed E-state index contributed by atoms with van der Waals surface area (Å²) in [6, 6.07) is 12.1. The molecule has 6 heteroatoms. The number of benzene rings is 2. The van der Waals surface area contributed by atoms with E-state index in [-0.39, 0.29) is 11.8 Å². The van der Waals surface area contributed by atoms with Gasteiger partial charge in [0.1, 0.15) is 5.75 Å². The van der Waals surface area contributed by atoms with Crippen molar-refractivity contribution < 1.29 is 14.3 Å². The molecule has 2 rings (SSSR count). The number of hydrogen-bond donors (Lipinski definition) is 2. The van der Waals surface area contributed by atoms with E-state index in [0.717, 1.165) is 5.56 Å². The van der Waals surface area contributed by atoms with Crippen molar-refractivity contribution in [1.29, 1.82) is 0 Å². The summed E-state index contributed by atoms with van der Waals surface area (Å²) in [6.45, 7) is 8.13. The summed E-state index contributed by atoms with van der Waals surface area (Å²) in [5, 5.41) is 6.27. The number of amides is 2. The van der Waals surface area contributed by atoms with Gasteiger partial charge in [0.25, 0.3) is 11.8 Å². The lowest BCUT2D eigenvalue weighted by Gasteiger charge is -2.17. The number of carbonyl (C=O) groups excluding carboxylic acids is 2. The van der Waals surface area contributed by atoms with Crippen LogP contribution >= 0.6 is 11.6 Å². The molecule has 0 saturated carbocycles. The molecule has 0 bridgehead atoms. The number of carbonyl (C=O) groups is 2. The predicted octanol–water partition coefficient (Wildman–Crippen LogP) is 4.44. The van der Waals surface area contributed by atoms with Crippen LogP contribution < -0.4 is 15.4 Å². The molecule has 1 atom stereocenters. The van der Waals surface area contributed by atoms with Crippen molar-refractivity contribution in [2.75, 3.05) is 11.9 Å². The molecular formula is C21H25ClN2O3. The van der Waals surface area contributed by atoms with Crippen LogP contribution in [0.15, 0.2) is 42.5 Å². The second-order valence-corrected chi connectivity index (χ2v) is 7.22. The zero-order chi connectivity index (χ0) is 20.0. The molecule has 0 spiro atoms. The number of anilines is 1. The third kappa shape index (κ3) is 6.00. The fraction of sp³-hybridized carbons (Fsp3) is 0.333. The summed E-state index contributed by atoms with van der Waals surface area (Å²) in [4.78, 5) is 24.9.